The quantitative estimate of drug-likeness (QED) is 0.248. The van der Waals surface area contributed by atoms with Gasteiger partial charge in [-0.05, 0) is 25.7 Å². The molecule has 0 amide bonds. The maximum atomic E-state index is 11.3. The number of hydrogen-bond acceptors (Lipinski definition) is 4. The Labute approximate surface area is 192 Å². The van der Waals surface area contributed by atoms with Gasteiger partial charge in [-0.1, -0.05) is 78.1 Å². The van der Waals surface area contributed by atoms with Crippen LogP contribution in [0.4, 0.5) is 0 Å². The van der Waals surface area contributed by atoms with Crippen molar-refractivity contribution in [1.29, 1.82) is 0 Å². The zero-order chi connectivity index (χ0) is 17.6. The van der Waals surface area contributed by atoms with Gasteiger partial charge in [-0.15, -0.1) is 0 Å². The molecule has 0 aliphatic rings. The average molecular weight is 389 g/mol. The van der Waals surface area contributed by atoms with Gasteiger partial charge in [0.2, 0.25) is 0 Å². The van der Waals surface area contributed by atoms with Crippen molar-refractivity contribution >= 4 is 10.1 Å². The molecule has 0 rings (SSSR count). The number of aliphatic hydroxyl groups is 1. The molecule has 0 aromatic heterocycles. The van der Waals surface area contributed by atoms with Crippen LogP contribution in [-0.2, 0) is 10.1 Å². The first-order valence-corrected chi connectivity index (χ1v) is 11.0. The first-order chi connectivity index (χ1) is 10.9. The van der Waals surface area contributed by atoms with E-state index >= 15 is 0 Å². The minimum atomic E-state index is -4.16. The predicted octanol–water partition coefficient (Wildman–Crippen LogP) is 1.77. The van der Waals surface area contributed by atoms with Gasteiger partial charge in [-0.2, -0.15) is 0 Å². The van der Waals surface area contributed by atoms with Gasteiger partial charge in [-0.3, -0.25) is 0 Å². The summed E-state index contributed by atoms with van der Waals surface area (Å²) < 4.78 is 33.9. The summed E-state index contributed by atoms with van der Waals surface area (Å²) in [6.07, 6.45) is 12.5. The Morgan fingerprint density at radius 2 is 1.17 bits per heavy atom. The van der Waals surface area contributed by atoms with E-state index in [0.29, 0.717) is 12.8 Å². The second-order valence-corrected chi connectivity index (χ2v) is 8.40. The summed E-state index contributed by atoms with van der Waals surface area (Å²) in [5.41, 5.74) is 0. The van der Waals surface area contributed by atoms with Crippen molar-refractivity contribution < 1.29 is 69.5 Å². The van der Waals surface area contributed by atoms with Gasteiger partial charge in [0, 0.05) is 5.25 Å². The standard InChI is InChI=1S/C18H38O4S.K/c1-3-5-7-11-15-18(23(20,21)22)16-12-9-8-10-14-17(19)13-6-4-2;/h17-19H,3-16H2,1-2H3,(H,20,21,22);/q;+1/p-1. The summed E-state index contributed by atoms with van der Waals surface area (Å²) in [6, 6.07) is 0. The van der Waals surface area contributed by atoms with E-state index in [9.17, 15) is 18.1 Å². The molecule has 0 aliphatic carbocycles. The minimum absolute atomic E-state index is 0. The molecule has 6 heteroatoms. The minimum Gasteiger partial charge on any atom is -0.748 e. The molecule has 0 spiro atoms. The van der Waals surface area contributed by atoms with Crippen molar-refractivity contribution in [3.63, 3.8) is 0 Å². The Balaban J connectivity index is 0. The molecule has 1 N–H and O–H groups in total. The fourth-order valence-corrected chi connectivity index (χ4v) is 3.83. The molecule has 0 aromatic carbocycles. The Kier molecular flexibility index (Phi) is 20.7. The summed E-state index contributed by atoms with van der Waals surface area (Å²) >= 11 is 0. The van der Waals surface area contributed by atoms with E-state index in [0.717, 1.165) is 77.0 Å². The van der Waals surface area contributed by atoms with E-state index in [1.807, 2.05) is 0 Å². The molecule has 24 heavy (non-hydrogen) atoms. The zero-order valence-electron chi connectivity index (χ0n) is 16.1. The van der Waals surface area contributed by atoms with Crippen LogP contribution in [0.25, 0.3) is 0 Å². The first kappa shape index (κ1) is 27.7. The van der Waals surface area contributed by atoms with Crippen LogP contribution < -0.4 is 51.4 Å². The van der Waals surface area contributed by atoms with Crippen LogP contribution in [0, 0.1) is 0 Å². The predicted molar refractivity (Wildman–Crippen MR) is 95.5 cm³/mol. The summed E-state index contributed by atoms with van der Waals surface area (Å²) in [6.45, 7) is 4.23. The van der Waals surface area contributed by atoms with Crippen molar-refractivity contribution in [2.24, 2.45) is 0 Å². The van der Waals surface area contributed by atoms with Crippen LogP contribution in [0.2, 0.25) is 0 Å². The van der Waals surface area contributed by atoms with E-state index in [-0.39, 0.29) is 57.5 Å². The van der Waals surface area contributed by atoms with Crippen LogP contribution in [0.1, 0.15) is 104 Å². The van der Waals surface area contributed by atoms with E-state index in [2.05, 4.69) is 13.8 Å². The van der Waals surface area contributed by atoms with Gasteiger partial charge in [0.25, 0.3) is 0 Å². The Bertz CT molecular complexity index is 360. The van der Waals surface area contributed by atoms with Gasteiger partial charge in [0.1, 0.15) is 0 Å². The maximum absolute atomic E-state index is 11.3. The number of unbranched alkanes of at least 4 members (excludes halogenated alkanes) is 7. The van der Waals surface area contributed by atoms with Gasteiger partial charge < -0.3 is 9.66 Å². The molecule has 0 heterocycles. The van der Waals surface area contributed by atoms with Gasteiger partial charge in [0.15, 0.2) is 0 Å². The molecule has 0 radical (unpaired) electrons. The van der Waals surface area contributed by atoms with Crippen LogP contribution in [0.15, 0.2) is 0 Å². The number of rotatable bonds is 16. The van der Waals surface area contributed by atoms with Crippen LogP contribution in [0.5, 0.6) is 0 Å². The third kappa shape index (κ3) is 16.9. The fraction of sp³-hybridized carbons (Fsp3) is 1.00. The molecule has 0 aliphatic heterocycles. The monoisotopic (exact) mass is 388 g/mol. The SMILES string of the molecule is CCCCCCC(CCCCCCC(O)CCCC)S(=O)(=O)[O-].[K+]. The molecular weight excluding hydrogens is 351 g/mol. The molecule has 0 aromatic rings. The zero-order valence-corrected chi connectivity index (χ0v) is 20.1. The largest absolute Gasteiger partial charge is 1.00 e. The summed E-state index contributed by atoms with van der Waals surface area (Å²) in [5.74, 6) is 0. The van der Waals surface area contributed by atoms with E-state index in [1.54, 1.807) is 0 Å². The Morgan fingerprint density at radius 1 is 0.750 bits per heavy atom. The van der Waals surface area contributed by atoms with Crippen molar-refractivity contribution in [3.05, 3.63) is 0 Å². The van der Waals surface area contributed by atoms with E-state index in [1.165, 1.54) is 0 Å². The van der Waals surface area contributed by atoms with Crippen LogP contribution in [-0.4, -0.2) is 29.4 Å². The molecule has 140 valence electrons. The van der Waals surface area contributed by atoms with Crippen molar-refractivity contribution in [2.45, 2.75) is 115 Å². The molecular formula is C18H37KO4S. The number of aliphatic hydroxyl groups excluding tert-OH is 1. The van der Waals surface area contributed by atoms with Gasteiger partial charge in [-0.25, -0.2) is 8.42 Å². The summed E-state index contributed by atoms with van der Waals surface area (Å²) in [4.78, 5) is 0. The molecule has 0 bridgehead atoms. The molecule has 0 saturated heterocycles. The van der Waals surface area contributed by atoms with Gasteiger partial charge >= 0.3 is 51.4 Å². The average Bonchev–Trinajstić information content (AvgIpc) is 2.49. The van der Waals surface area contributed by atoms with E-state index in [4.69, 9.17) is 0 Å². The normalized spacial score (nSPS) is 14.2. The fourth-order valence-electron chi connectivity index (χ4n) is 2.92. The van der Waals surface area contributed by atoms with Crippen molar-refractivity contribution in [2.75, 3.05) is 0 Å². The third-order valence-corrected chi connectivity index (χ3v) is 5.78. The summed E-state index contributed by atoms with van der Waals surface area (Å²) in [5, 5.41) is 9.05. The first-order valence-electron chi connectivity index (χ1n) is 9.54. The Morgan fingerprint density at radius 3 is 1.62 bits per heavy atom. The van der Waals surface area contributed by atoms with Crippen molar-refractivity contribution in [1.82, 2.24) is 0 Å². The Hall–Kier alpha value is 1.51. The molecule has 2 atom stereocenters. The molecule has 4 nitrogen and oxygen atoms in total. The molecule has 0 saturated carbocycles. The number of hydrogen-bond donors (Lipinski definition) is 1. The maximum Gasteiger partial charge on any atom is 1.00 e. The molecule has 2 unspecified atom stereocenters. The summed E-state index contributed by atoms with van der Waals surface area (Å²) in [7, 11) is -4.16. The van der Waals surface area contributed by atoms with Crippen molar-refractivity contribution in [3.8, 4) is 0 Å². The topological polar surface area (TPSA) is 77.4 Å². The second kappa shape index (κ2) is 17.9. The van der Waals surface area contributed by atoms with E-state index < -0.39 is 15.4 Å². The van der Waals surface area contributed by atoms with Gasteiger partial charge in [0.05, 0.1) is 16.2 Å². The van der Waals surface area contributed by atoms with Crippen LogP contribution >= 0.6 is 0 Å². The third-order valence-electron chi connectivity index (χ3n) is 4.49. The smallest absolute Gasteiger partial charge is 0.748 e. The second-order valence-electron chi connectivity index (χ2n) is 6.75. The van der Waals surface area contributed by atoms with Crippen LogP contribution in [0.3, 0.4) is 0 Å². The molecule has 0 fully saturated rings.